The van der Waals surface area contributed by atoms with Gasteiger partial charge >= 0.3 is 0 Å². The summed E-state index contributed by atoms with van der Waals surface area (Å²) in [4.78, 5) is 2.01. The molecule has 0 saturated carbocycles. The Labute approximate surface area is 172 Å². The summed E-state index contributed by atoms with van der Waals surface area (Å²) in [6.07, 6.45) is 15.6. The molecule has 1 aromatic carbocycles. The van der Waals surface area contributed by atoms with E-state index in [1.807, 2.05) is 29.2 Å². The Morgan fingerprint density at radius 3 is 2.76 bits per heavy atom. The van der Waals surface area contributed by atoms with Gasteiger partial charge in [-0.25, -0.2) is 0 Å². The first-order chi connectivity index (χ1) is 14.2. The fourth-order valence-corrected chi connectivity index (χ4v) is 4.31. The van der Waals surface area contributed by atoms with Gasteiger partial charge in [-0.05, 0) is 84.2 Å². The smallest absolute Gasteiger partial charge is 0.121 e. The monoisotopic (exact) mass is 377 g/mol. The van der Waals surface area contributed by atoms with Crippen LogP contribution in [0, 0.1) is 28.6 Å². The van der Waals surface area contributed by atoms with Crippen LogP contribution in [0.15, 0.2) is 89.0 Å². The van der Waals surface area contributed by atoms with Gasteiger partial charge in [0.15, 0.2) is 0 Å². The summed E-state index contributed by atoms with van der Waals surface area (Å²) in [6.45, 7) is 4.33. The largest absolute Gasteiger partial charge is 0.308 e. The average molecular weight is 377 g/mol. The molecule has 1 unspecified atom stereocenters. The Hall–Kier alpha value is -3.56. The van der Waals surface area contributed by atoms with E-state index in [9.17, 15) is 10.5 Å². The fraction of sp³-hybridized carbons (Fsp3) is 0.231. The molecule has 1 aliphatic carbocycles. The third kappa shape index (κ3) is 3.37. The molecule has 0 radical (unpaired) electrons. The third-order valence-corrected chi connectivity index (χ3v) is 5.87. The molecule has 4 rings (SSSR count). The fourth-order valence-electron chi connectivity index (χ4n) is 4.31. The maximum absolute atomic E-state index is 9.59. The zero-order valence-electron chi connectivity index (χ0n) is 16.8. The molecule has 0 aromatic heterocycles. The van der Waals surface area contributed by atoms with E-state index in [4.69, 9.17) is 0 Å². The standard InChI is InChI=1S/C26H23N3/c1-3-20-7-5-9-24(26(20)21-8-4-6-19(14-21)15-27)22-11-13-25-18(2)10-12-23(16-28)29(25)17-22/h4-6,8-9,11-14,17,20H,3,7,10H2,1-2H3. The molecule has 0 amide bonds. The van der Waals surface area contributed by atoms with Gasteiger partial charge in [0.2, 0.25) is 0 Å². The van der Waals surface area contributed by atoms with Crippen LogP contribution in [0.5, 0.6) is 0 Å². The van der Waals surface area contributed by atoms with Crippen LogP contribution < -0.4 is 0 Å². The van der Waals surface area contributed by atoms with Gasteiger partial charge in [0.1, 0.15) is 11.8 Å². The third-order valence-electron chi connectivity index (χ3n) is 5.87. The Morgan fingerprint density at radius 1 is 1.14 bits per heavy atom. The zero-order chi connectivity index (χ0) is 20.4. The van der Waals surface area contributed by atoms with Gasteiger partial charge < -0.3 is 4.90 Å². The lowest BCUT2D eigenvalue weighted by molar-refractivity contribution is 0.580. The summed E-state index contributed by atoms with van der Waals surface area (Å²) in [5, 5.41) is 18.9. The van der Waals surface area contributed by atoms with Crippen molar-refractivity contribution in [2.75, 3.05) is 0 Å². The van der Waals surface area contributed by atoms with E-state index < -0.39 is 0 Å². The predicted octanol–water partition coefficient (Wildman–Crippen LogP) is 6.14. The first kappa shape index (κ1) is 18.8. The van der Waals surface area contributed by atoms with Crippen molar-refractivity contribution in [3.8, 4) is 12.1 Å². The minimum Gasteiger partial charge on any atom is -0.308 e. The maximum atomic E-state index is 9.59. The minimum atomic E-state index is 0.407. The summed E-state index contributed by atoms with van der Waals surface area (Å²) in [5.41, 5.74) is 8.37. The van der Waals surface area contributed by atoms with E-state index in [1.165, 1.54) is 16.7 Å². The lowest BCUT2D eigenvalue weighted by atomic mass is 9.78. The van der Waals surface area contributed by atoms with E-state index in [0.717, 1.165) is 36.1 Å². The second-order valence-electron chi connectivity index (χ2n) is 7.62. The van der Waals surface area contributed by atoms with Gasteiger partial charge in [-0.15, -0.1) is 0 Å². The van der Waals surface area contributed by atoms with Crippen molar-refractivity contribution in [1.29, 1.82) is 10.5 Å². The molecule has 0 bridgehead atoms. The molecule has 1 aromatic rings. The van der Waals surface area contributed by atoms with Gasteiger partial charge in [-0.3, -0.25) is 0 Å². The Balaban J connectivity index is 1.87. The Bertz CT molecular complexity index is 1120. The number of nitrogens with zero attached hydrogens (tertiary/aromatic N) is 3. The van der Waals surface area contributed by atoms with Crippen LogP contribution in [0.1, 0.15) is 44.2 Å². The van der Waals surface area contributed by atoms with Crippen LogP contribution in [-0.2, 0) is 0 Å². The van der Waals surface area contributed by atoms with Crippen LogP contribution in [0.4, 0.5) is 0 Å². The predicted molar refractivity (Wildman–Crippen MR) is 116 cm³/mol. The van der Waals surface area contributed by atoms with Crippen molar-refractivity contribution < 1.29 is 0 Å². The lowest BCUT2D eigenvalue weighted by Crippen LogP contribution is -2.22. The highest BCUT2D eigenvalue weighted by molar-refractivity contribution is 5.80. The highest BCUT2D eigenvalue weighted by Gasteiger charge is 2.25. The van der Waals surface area contributed by atoms with Gasteiger partial charge in [0.05, 0.1) is 11.6 Å². The number of hydrogen-bond donors (Lipinski definition) is 0. The molecular weight excluding hydrogens is 354 g/mol. The van der Waals surface area contributed by atoms with Crippen LogP contribution in [0.25, 0.3) is 5.57 Å². The molecule has 29 heavy (non-hydrogen) atoms. The van der Waals surface area contributed by atoms with Crippen molar-refractivity contribution in [1.82, 2.24) is 4.90 Å². The summed E-state index contributed by atoms with van der Waals surface area (Å²) in [5.74, 6) is 0.407. The molecule has 3 aliphatic rings. The molecule has 142 valence electrons. The van der Waals surface area contributed by atoms with Gasteiger partial charge in [0, 0.05) is 11.9 Å². The SMILES string of the molecule is CCC1CC=CC(C2=CN3C(C#N)=CCC(C)=C3C=C2)=C1c1cccc(C#N)c1. The molecule has 1 atom stereocenters. The minimum absolute atomic E-state index is 0.407. The number of benzene rings is 1. The molecule has 3 heteroatoms. The first-order valence-corrected chi connectivity index (χ1v) is 10.1. The normalized spacial score (nSPS) is 20.7. The molecule has 2 heterocycles. The molecule has 2 aliphatic heterocycles. The average Bonchev–Trinajstić information content (AvgIpc) is 2.78. The van der Waals surface area contributed by atoms with E-state index in [-0.39, 0.29) is 0 Å². The molecular formula is C26H23N3. The zero-order valence-corrected chi connectivity index (χ0v) is 16.8. The Morgan fingerprint density at radius 2 is 2.00 bits per heavy atom. The van der Waals surface area contributed by atoms with E-state index in [2.05, 4.69) is 62.6 Å². The van der Waals surface area contributed by atoms with E-state index in [1.54, 1.807) is 0 Å². The second-order valence-corrected chi connectivity index (χ2v) is 7.62. The molecule has 0 saturated heterocycles. The van der Waals surface area contributed by atoms with Crippen LogP contribution in [-0.4, -0.2) is 4.90 Å². The summed E-state index contributed by atoms with van der Waals surface area (Å²) >= 11 is 0. The number of hydrogen-bond acceptors (Lipinski definition) is 3. The molecule has 0 fully saturated rings. The molecule has 3 nitrogen and oxygen atoms in total. The highest BCUT2D eigenvalue weighted by atomic mass is 15.1. The quantitative estimate of drug-likeness (QED) is 0.636. The van der Waals surface area contributed by atoms with Crippen LogP contribution >= 0.6 is 0 Å². The summed E-state index contributed by atoms with van der Waals surface area (Å²) in [6, 6.07) is 12.5. The number of nitriles is 2. The maximum Gasteiger partial charge on any atom is 0.121 e. The topological polar surface area (TPSA) is 50.8 Å². The lowest BCUT2D eigenvalue weighted by Gasteiger charge is -2.32. The summed E-state index contributed by atoms with van der Waals surface area (Å²) in [7, 11) is 0. The van der Waals surface area contributed by atoms with E-state index in [0.29, 0.717) is 17.2 Å². The van der Waals surface area contributed by atoms with Gasteiger partial charge in [0.25, 0.3) is 0 Å². The number of allylic oxidation sites excluding steroid dienone is 10. The first-order valence-electron chi connectivity index (χ1n) is 10.1. The highest BCUT2D eigenvalue weighted by Crippen LogP contribution is 2.41. The van der Waals surface area contributed by atoms with E-state index >= 15 is 0 Å². The van der Waals surface area contributed by atoms with Crippen molar-refractivity contribution in [2.45, 2.75) is 33.1 Å². The van der Waals surface area contributed by atoms with Gasteiger partial charge in [-0.1, -0.05) is 37.3 Å². The van der Waals surface area contributed by atoms with Crippen LogP contribution in [0.2, 0.25) is 0 Å². The number of fused-ring (bicyclic) bond motifs is 1. The van der Waals surface area contributed by atoms with Crippen molar-refractivity contribution in [3.05, 3.63) is 100 Å². The van der Waals surface area contributed by atoms with Gasteiger partial charge in [-0.2, -0.15) is 10.5 Å². The van der Waals surface area contributed by atoms with Crippen molar-refractivity contribution in [3.63, 3.8) is 0 Å². The van der Waals surface area contributed by atoms with Crippen molar-refractivity contribution in [2.24, 2.45) is 5.92 Å². The number of rotatable bonds is 3. The van der Waals surface area contributed by atoms with Crippen LogP contribution in [0.3, 0.4) is 0 Å². The second kappa shape index (κ2) is 7.82. The molecule has 0 N–H and O–H groups in total. The Kier molecular flexibility index (Phi) is 5.07. The molecule has 0 spiro atoms. The van der Waals surface area contributed by atoms with Crippen molar-refractivity contribution >= 4 is 5.57 Å². The summed E-state index contributed by atoms with van der Waals surface area (Å²) < 4.78 is 0.